The molecule has 6 heteroatoms. The number of hydrogen-bond donors (Lipinski definition) is 1. The molecular weight excluding hydrogens is 261 g/mol. The number of nitrogens with zero attached hydrogens (tertiary/aromatic N) is 3. The Kier molecular flexibility index (Phi) is 3.66. The van der Waals surface area contributed by atoms with Crippen molar-refractivity contribution in [3.8, 4) is 0 Å². The molecule has 0 saturated carbocycles. The van der Waals surface area contributed by atoms with Gasteiger partial charge in [0, 0.05) is 10.0 Å². The second kappa shape index (κ2) is 5.04. The van der Waals surface area contributed by atoms with E-state index in [2.05, 4.69) is 10.2 Å². The van der Waals surface area contributed by atoms with Crippen molar-refractivity contribution in [1.29, 1.82) is 0 Å². The SMILES string of the molecule is CC(c1ccc(Cl)cc1Cl)n1cnnc1CO. The molecule has 1 heterocycles. The van der Waals surface area contributed by atoms with Crippen molar-refractivity contribution < 1.29 is 5.11 Å². The molecule has 0 fully saturated rings. The minimum absolute atomic E-state index is 0.0584. The summed E-state index contributed by atoms with van der Waals surface area (Å²) in [5.74, 6) is 0.503. The first-order valence-electron chi connectivity index (χ1n) is 5.07. The standard InChI is InChI=1S/C11H11Cl2N3O/c1-7(16-6-14-15-11(16)5-17)9-3-2-8(12)4-10(9)13/h2-4,6-7,17H,5H2,1H3. The molecule has 0 aliphatic carbocycles. The molecule has 1 atom stereocenters. The first kappa shape index (κ1) is 12.4. The Morgan fingerprint density at radius 2 is 2.18 bits per heavy atom. The Hall–Kier alpha value is -1.10. The van der Waals surface area contributed by atoms with E-state index in [4.69, 9.17) is 28.3 Å². The van der Waals surface area contributed by atoms with Crippen molar-refractivity contribution in [2.24, 2.45) is 0 Å². The van der Waals surface area contributed by atoms with Gasteiger partial charge in [-0.1, -0.05) is 29.3 Å². The van der Waals surface area contributed by atoms with E-state index in [1.54, 1.807) is 23.0 Å². The van der Waals surface area contributed by atoms with Crippen LogP contribution in [0.4, 0.5) is 0 Å². The van der Waals surface area contributed by atoms with E-state index in [-0.39, 0.29) is 12.6 Å². The number of aromatic nitrogens is 3. The number of halogens is 2. The lowest BCUT2D eigenvalue weighted by molar-refractivity contribution is 0.263. The highest BCUT2D eigenvalue weighted by Crippen LogP contribution is 2.28. The number of hydrogen-bond acceptors (Lipinski definition) is 3. The maximum absolute atomic E-state index is 9.14. The predicted octanol–water partition coefficient (Wildman–Crippen LogP) is 2.69. The fourth-order valence-corrected chi connectivity index (χ4v) is 2.26. The minimum Gasteiger partial charge on any atom is -0.388 e. The lowest BCUT2D eigenvalue weighted by atomic mass is 10.1. The average Bonchev–Trinajstić information content (AvgIpc) is 2.76. The van der Waals surface area contributed by atoms with Crippen LogP contribution in [0.3, 0.4) is 0 Å². The number of aliphatic hydroxyl groups excluding tert-OH is 1. The smallest absolute Gasteiger partial charge is 0.159 e. The molecule has 1 unspecified atom stereocenters. The zero-order valence-electron chi connectivity index (χ0n) is 9.14. The number of benzene rings is 1. The maximum Gasteiger partial charge on any atom is 0.159 e. The Bertz CT molecular complexity index is 527. The Morgan fingerprint density at radius 1 is 1.41 bits per heavy atom. The van der Waals surface area contributed by atoms with E-state index < -0.39 is 0 Å². The lowest BCUT2D eigenvalue weighted by Crippen LogP contribution is -2.10. The third-order valence-electron chi connectivity index (χ3n) is 2.62. The summed E-state index contributed by atoms with van der Waals surface area (Å²) in [5, 5.41) is 17.9. The van der Waals surface area contributed by atoms with Crippen LogP contribution in [0, 0.1) is 0 Å². The fourth-order valence-electron chi connectivity index (χ4n) is 1.69. The van der Waals surface area contributed by atoms with Gasteiger partial charge in [-0.2, -0.15) is 0 Å². The Balaban J connectivity index is 2.40. The summed E-state index contributed by atoms with van der Waals surface area (Å²) < 4.78 is 1.77. The molecule has 1 N–H and O–H groups in total. The van der Waals surface area contributed by atoms with E-state index >= 15 is 0 Å². The predicted molar refractivity (Wildman–Crippen MR) is 66.2 cm³/mol. The molecule has 0 spiro atoms. The van der Waals surface area contributed by atoms with Crippen molar-refractivity contribution in [2.75, 3.05) is 0 Å². The van der Waals surface area contributed by atoms with Crippen molar-refractivity contribution in [2.45, 2.75) is 19.6 Å². The van der Waals surface area contributed by atoms with Crippen molar-refractivity contribution in [3.63, 3.8) is 0 Å². The lowest BCUT2D eigenvalue weighted by Gasteiger charge is -2.16. The molecule has 1 aromatic heterocycles. The quantitative estimate of drug-likeness (QED) is 0.934. The molecule has 1 aromatic carbocycles. The maximum atomic E-state index is 9.14. The van der Waals surface area contributed by atoms with Crippen LogP contribution in [0.25, 0.3) is 0 Å². The van der Waals surface area contributed by atoms with Crippen LogP contribution >= 0.6 is 23.2 Å². The summed E-state index contributed by atoms with van der Waals surface area (Å²) in [7, 11) is 0. The van der Waals surface area contributed by atoms with E-state index in [1.165, 1.54) is 0 Å². The van der Waals surface area contributed by atoms with Crippen molar-refractivity contribution in [1.82, 2.24) is 14.8 Å². The van der Waals surface area contributed by atoms with E-state index in [1.807, 2.05) is 13.0 Å². The molecule has 17 heavy (non-hydrogen) atoms. The van der Waals surface area contributed by atoms with Crippen LogP contribution in [0.2, 0.25) is 10.0 Å². The van der Waals surface area contributed by atoms with Crippen molar-refractivity contribution >= 4 is 23.2 Å². The van der Waals surface area contributed by atoms with Gasteiger partial charge in [-0.3, -0.25) is 0 Å². The Morgan fingerprint density at radius 3 is 2.82 bits per heavy atom. The number of rotatable bonds is 3. The fraction of sp³-hybridized carbons (Fsp3) is 0.273. The molecule has 0 aliphatic rings. The van der Waals surface area contributed by atoms with Gasteiger partial charge < -0.3 is 9.67 Å². The molecule has 0 radical (unpaired) electrons. The van der Waals surface area contributed by atoms with Gasteiger partial charge in [-0.25, -0.2) is 0 Å². The topological polar surface area (TPSA) is 50.9 Å². The van der Waals surface area contributed by atoms with Gasteiger partial charge in [0.25, 0.3) is 0 Å². The summed E-state index contributed by atoms with van der Waals surface area (Å²) in [6, 6.07) is 5.27. The molecular formula is C11H11Cl2N3O. The molecule has 0 aliphatic heterocycles. The van der Waals surface area contributed by atoms with E-state index in [0.29, 0.717) is 15.9 Å². The first-order chi connectivity index (χ1) is 8.13. The second-order valence-corrected chi connectivity index (χ2v) is 4.50. The van der Waals surface area contributed by atoms with Gasteiger partial charge in [0.05, 0.1) is 6.04 Å². The van der Waals surface area contributed by atoms with E-state index in [9.17, 15) is 0 Å². The zero-order chi connectivity index (χ0) is 12.4. The Labute approximate surface area is 109 Å². The van der Waals surface area contributed by atoms with Crippen LogP contribution in [0.1, 0.15) is 24.4 Å². The second-order valence-electron chi connectivity index (χ2n) is 3.65. The van der Waals surface area contributed by atoms with Crippen LogP contribution < -0.4 is 0 Å². The molecule has 0 saturated heterocycles. The summed E-state index contributed by atoms with van der Waals surface area (Å²) in [6.45, 7) is 1.80. The molecule has 4 nitrogen and oxygen atoms in total. The summed E-state index contributed by atoms with van der Waals surface area (Å²) in [5.41, 5.74) is 0.908. The van der Waals surface area contributed by atoms with Gasteiger partial charge >= 0.3 is 0 Å². The van der Waals surface area contributed by atoms with Gasteiger partial charge in [-0.15, -0.1) is 10.2 Å². The summed E-state index contributed by atoms with van der Waals surface area (Å²) in [4.78, 5) is 0. The largest absolute Gasteiger partial charge is 0.388 e. The van der Waals surface area contributed by atoms with Crippen LogP contribution in [0.5, 0.6) is 0 Å². The molecule has 90 valence electrons. The number of aliphatic hydroxyl groups is 1. The van der Waals surface area contributed by atoms with Crippen LogP contribution in [0.15, 0.2) is 24.5 Å². The monoisotopic (exact) mass is 271 g/mol. The molecule has 2 aromatic rings. The van der Waals surface area contributed by atoms with Gasteiger partial charge in [-0.05, 0) is 24.6 Å². The first-order valence-corrected chi connectivity index (χ1v) is 5.83. The molecule has 0 amide bonds. The third kappa shape index (κ3) is 2.44. The van der Waals surface area contributed by atoms with Gasteiger partial charge in [0.15, 0.2) is 5.82 Å². The molecule has 0 bridgehead atoms. The highest BCUT2D eigenvalue weighted by molar-refractivity contribution is 6.35. The van der Waals surface area contributed by atoms with E-state index in [0.717, 1.165) is 5.56 Å². The summed E-state index contributed by atoms with van der Waals surface area (Å²) >= 11 is 12.0. The normalized spacial score (nSPS) is 12.7. The summed E-state index contributed by atoms with van der Waals surface area (Å²) in [6.07, 6.45) is 1.57. The zero-order valence-corrected chi connectivity index (χ0v) is 10.7. The van der Waals surface area contributed by atoms with Crippen molar-refractivity contribution in [3.05, 3.63) is 46.0 Å². The molecule has 2 rings (SSSR count). The van der Waals surface area contributed by atoms with Crippen LogP contribution in [-0.4, -0.2) is 19.9 Å². The highest BCUT2D eigenvalue weighted by atomic mass is 35.5. The van der Waals surface area contributed by atoms with Crippen LogP contribution in [-0.2, 0) is 6.61 Å². The highest BCUT2D eigenvalue weighted by Gasteiger charge is 2.15. The average molecular weight is 272 g/mol. The minimum atomic E-state index is -0.157. The van der Waals surface area contributed by atoms with Gasteiger partial charge in [0.1, 0.15) is 12.9 Å². The third-order valence-corrected chi connectivity index (χ3v) is 3.18. The van der Waals surface area contributed by atoms with Gasteiger partial charge in [0.2, 0.25) is 0 Å².